The van der Waals surface area contributed by atoms with E-state index in [1.165, 1.54) is 19.3 Å². The molecular weight excluding hydrogens is 365 g/mol. The first kappa shape index (κ1) is 18.0. The highest BCUT2D eigenvalue weighted by Crippen LogP contribution is 2.36. The molecule has 0 amide bonds. The second kappa shape index (κ2) is 7.82. The van der Waals surface area contributed by atoms with Crippen LogP contribution in [0, 0.1) is 11.3 Å². The Bertz CT molecular complexity index is 337. The fourth-order valence-corrected chi connectivity index (χ4v) is 3.33. The minimum atomic E-state index is -0.224. The fraction of sp³-hybridized carbons (Fsp3) is 0.933. The number of piperidine rings is 1. The molecule has 3 unspecified atom stereocenters. The summed E-state index contributed by atoms with van der Waals surface area (Å²) in [6, 6.07) is 0. The Morgan fingerprint density at radius 3 is 2.75 bits per heavy atom. The van der Waals surface area contributed by atoms with Crippen LogP contribution in [0.1, 0.15) is 52.4 Å². The third-order valence-corrected chi connectivity index (χ3v) is 4.86. The Kier molecular flexibility index (Phi) is 7.04. The summed E-state index contributed by atoms with van der Waals surface area (Å²) in [5.74, 6) is 1.38. The van der Waals surface area contributed by atoms with Gasteiger partial charge >= 0.3 is 0 Å². The third-order valence-electron chi connectivity index (χ3n) is 4.86. The Labute approximate surface area is 140 Å². The van der Waals surface area contributed by atoms with E-state index in [1.807, 2.05) is 0 Å². The molecule has 0 radical (unpaired) electrons. The van der Waals surface area contributed by atoms with Gasteiger partial charge in [0.25, 0.3) is 0 Å². The first-order valence-electron chi connectivity index (χ1n) is 7.74. The highest BCUT2D eigenvalue weighted by molar-refractivity contribution is 14.0. The predicted octanol–water partition coefficient (Wildman–Crippen LogP) is 2.59. The van der Waals surface area contributed by atoms with Crippen LogP contribution >= 0.6 is 24.0 Å². The number of hydrogen-bond acceptors (Lipinski definition) is 2. The smallest absolute Gasteiger partial charge is 0.191 e. The van der Waals surface area contributed by atoms with Gasteiger partial charge in [0.15, 0.2) is 5.96 Å². The largest absolute Gasteiger partial charge is 0.392 e. The zero-order chi connectivity index (χ0) is 13.9. The second-order valence-corrected chi connectivity index (χ2v) is 6.78. The van der Waals surface area contributed by atoms with E-state index in [2.05, 4.69) is 23.7 Å². The summed E-state index contributed by atoms with van der Waals surface area (Å²) in [6.07, 6.45) is 6.58. The van der Waals surface area contributed by atoms with Crippen LogP contribution in [0.25, 0.3) is 0 Å². The third kappa shape index (κ3) is 4.48. The zero-order valence-corrected chi connectivity index (χ0v) is 15.2. The summed E-state index contributed by atoms with van der Waals surface area (Å²) in [5.41, 5.74) is 6.05. The topological polar surface area (TPSA) is 61.8 Å². The van der Waals surface area contributed by atoms with E-state index in [-0.39, 0.29) is 35.5 Å². The number of rotatable bonds is 2. The van der Waals surface area contributed by atoms with Gasteiger partial charge in [-0.15, -0.1) is 24.0 Å². The van der Waals surface area contributed by atoms with E-state index in [0.29, 0.717) is 18.4 Å². The van der Waals surface area contributed by atoms with Crippen molar-refractivity contribution in [3.05, 3.63) is 0 Å². The minimum absolute atomic E-state index is 0. The number of aliphatic hydroxyl groups is 1. The van der Waals surface area contributed by atoms with Crippen molar-refractivity contribution in [2.75, 3.05) is 19.6 Å². The average molecular weight is 395 g/mol. The zero-order valence-electron chi connectivity index (χ0n) is 12.8. The molecule has 4 nitrogen and oxygen atoms in total. The van der Waals surface area contributed by atoms with Gasteiger partial charge in [0.1, 0.15) is 0 Å². The fourth-order valence-electron chi connectivity index (χ4n) is 3.33. The number of aliphatic imine (C=N–C) groups is 1. The molecule has 1 saturated heterocycles. The van der Waals surface area contributed by atoms with Crippen LogP contribution in [0.4, 0.5) is 0 Å². The standard InChI is InChI=1S/C15H29N3O.HI/c1-12-6-5-9-18(10-12)14(16)17-11-15(2)8-4-3-7-13(15)19;/h12-13,19H,3-11H2,1-2H3,(H2,16,17);1H. The van der Waals surface area contributed by atoms with Crippen LogP contribution in [0.15, 0.2) is 4.99 Å². The van der Waals surface area contributed by atoms with Gasteiger partial charge in [-0.1, -0.05) is 26.7 Å². The number of halogens is 1. The molecule has 1 aliphatic carbocycles. The first-order chi connectivity index (χ1) is 9.01. The van der Waals surface area contributed by atoms with Crippen molar-refractivity contribution in [3.8, 4) is 0 Å². The van der Waals surface area contributed by atoms with E-state index < -0.39 is 0 Å². The Morgan fingerprint density at radius 2 is 2.10 bits per heavy atom. The molecule has 2 aliphatic rings. The molecule has 3 N–H and O–H groups in total. The molecule has 0 aromatic heterocycles. The van der Waals surface area contributed by atoms with Gasteiger partial charge in [0.2, 0.25) is 0 Å². The number of hydrogen-bond donors (Lipinski definition) is 2. The second-order valence-electron chi connectivity index (χ2n) is 6.78. The average Bonchev–Trinajstić information content (AvgIpc) is 2.40. The van der Waals surface area contributed by atoms with Crippen LogP contribution in [-0.4, -0.2) is 41.7 Å². The maximum Gasteiger partial charge on any atom is 0.191 e. The minimum Gasteiger partial charge on any atom is -0.392 e. The van der Waals surface area contributed by atoms with Crippen LogP contribution in [0.2, 0.25) is 0 Å². The van der Waals surface area contributed by atoms with Crippen molar-refractivity contribution in [3.63, 3.8) is 0 Å². The highest BCUT2D eigenvalue weighted by atomic mass is 127. The van der Waals surface area contributed by atoms with Crippen LogP contribution in [0.5, 0.6) is 0 Å². The van der Waals surface area contributed by atoms with Gasteiger partial charge in [-0.2, -0.15) is 0 Å². The maximum absolute atomic E-state index is 10.2. The summed E-state index contributed by atoms with van der Waals surface area (Å²) < 4.78 is 0. The Balaban J connectivity index is 0.00000200. The number of nitrogens with two attached hydrogens (primary N) is 1. The number of likely N-dealkylation sites (tertiary alicyclic amines) is 1. The normalized spacial score (nSPS) is 35.5. The number of guanidine groups is 1. The summed E-state index contributed by atoms with van der Waals surface area (Å²) in [5, 5.41) is 10.2. The van der Waals surface area contributed by atoms with E-state index in [0.717, 1.165) is 32.4 Å². The Hall–Kier alpha value is -0.0400. The van der Waals surface area contributed by atoms with Crippen molar-refractivity contribution in [1.29, 1.82) is 0 Å². The number of nitrogens with zero attached hydrogens (tertiary/aromatic N) is 2. The molecule has 0 spiro atoms. The Morgan fingerprint density at radius 1 is 1.35 bits per heavy atom. The highest BCUT2D eigenvalue weighted by Gasteiger charge is 2.35. The lowest BCUT2D eigenvalue weighted by Gasteiger charge is -2.38. The molecule has 0 bridgehead atoms. The number of aliphatic hydroxyl groups excluding tert-OH is 1. The lowest BCUT2D eigenvalue weighted by atomic mass is 9.73. The monoisotopic (exact) mass is 395 g/mol. The van der Waals surface area contributed by atoms with Crippen molar-refractivity contribution >= 4 is 29.9 Å². The molecule has 1 aliphatic heterocycles. The summed E-state index contributed by atoms with van der Waals surface area (Å²) in [7, 11) is 0. The molecule has 0 aromatic rings. The molecule has 1 saturated carbocycles. The maximum atomic E-state index is 10.2. The summed E-state index contributed by atoms with van der Waals surface area (Å²) in [4.78, 5) is 6.79. The molecular formula is C15H30IN3O. The van der Waals surface area contributed by atoms with Gasteiger partial charge in [-0.3, -0.25) is 4.99 Å². The molecule has 3 atom stereocenters. The van der Waals surface area contributed by atoms with Crippen molar-refractivity contribution in [2.45, 2.75) is 58.5 Å². The van der Waals surface area contributed by atoms with Gasteiger partial charge in [0, 0.05) is 18.5 Å². The van der Waals surface area contributed by atoms with E-state index in [1.54, 1.807) is 0 Å². The van der Waals surface area contributed by atoms with Gasteiger partial charge in [0.05, 0.1) is 12.6 Å². The van der Waals surface area contributed by atoms with Crippen molar-refractivity contribution in [2.24, 2.45) is 22.1 Å². The van der Waals surface area contributed by atoms with Crippen molar-refractivity contribution in [1.82, 2.24) is 4.90 Å². The molecule has 2 fully saturated rings. The van der Waals surface area contributed by atoms with E-state index in [9.17, 15) is 5.11 Å². The summed E-state index contributed by atoms with van der Waals surface area (Å²) in [6.45, 7) is 7.12. The summed E-state index contributed by atoms with van der Waals surface area (Å²) >= 11 is 0. The van der Waals surface area contributed by atoms with Crippen LogP contribution < -0.4 is 5.73 Å². The molecule has 20 heavy (non-hydrogen) atoms. The molecule has 118 valence electrons. The van der Waals surface area contributed by atoms with E-state index >= 15 is 0 Å². The van der Waals surface area contributed by atoms with Crippen LogP contribution in [0.3, 0.4) is 0 Å². The van der Waals surface area contributed by atoms with Crippen LogP contribution in [-0.2, 0) is 0 Å². The van der Waals surface area contributed by atoms with E-state index in [4.69, 9.17) is 5.73 Å². The molecule has 0 aromatic carbocycles. The molecule has 5 heteroatoms. The van der Waals surface area contributed by atoms with Gasteiger partial charge in [-0.05, 0) is 31.6 Å². The van der Waals surface area contributed by atoms with Crippen molar-refractivity contribution < 1.29 is 5.11 Å². The van der Waals surface area contributed by atoms with Gasteiger partial charge in [-0.25, -0.2) is 0 Å². The quantitative estimate of drug-likeness (QED) is 0.429. The predicted molar refractivity (Wildman–Crippen MR) is 94.5 cm³/mol. The molecule has 2 rings (SSSR count). The SMILES string of the molecule is CC1CCCN(C(N)=NCC2(C)CCCCC2O)C1.I. The van der Waals surface area contributed by atoms with Gasteiger partial charge < -0.3 is 15.7 Å². The lowest BCUT2D eigenvalue weighted by Crippen LogP contribution is -2.45. The molecule has 1 heterocycles. The lowest BCUT2D eigenvalue weighted by molar-refractivity contribution is 0.00704. The first-order valence-corrected chi connectivity index (χ1v) is 7.74.